The minimum Gasteiger partial charge on any atom is -0.306 e. The number of fused-ring (bicyclic) bond motifs is 1. The molecule has 0 spiro atoms. The van der Waals surface area contributed by atoms with Crippen LogP contribution in [0.2, 0.25) is 5.02 Å². The molecule has 1 aliphatic heterocycles. The smallest absolute Gasteiger partial charge is 0.276 e. The summed E-state index contributed by atoms with van der Waals surface area (Å²) in [4.78, 5) is 18.6. The third-order valence-electron chi connectivity index (χ3n) is 3.53. The molecule has 0 radical (unpaired) electrons. The first-order chi connectivity index (χ1) is 9.65. The average molecular weight is 287 g/mol. The lowest BCUT2D eigenvalue weighted by molar-refractivity contribution is 0.0976. The molecule has 0 saturated carbocycles. The van der Waals surface area contributed by atoms with Gasteiger partial charge in [0.25, 0.3) is 5.91 Å². The summed E-state index contributed by atoms with van der Waals surface area (Å²) in [7, 11) is 0. The van der Waals surface area contributed by atoms with Crippen LogP contribution in [0.15, 0.2) is 42.6 Å². The van der Waals surface area contributed by atoms with Crippen LogP contribution in [0.3, 0.4) is 0 Å². The second-order valence-corrected chi connectivity index (χ2v) is 5.65. The van der Waals surface area contributed by atoms with Crippen LogP contribution in [-0.2, 0) is 6.42 Å². The van der Waals surface area contributed by atoms with Gasteiger partial charge in [0, 0.05) is 23.5 Å². The first-order valence-corrected chi connectivity index (χ1v) is 7.04. The van der Waals surface area contributed by atoms with Gasteiger partial charge in [-0.05, 0) is 36.1 Å². The molecule has 1 aromatic heterocycles. The molecule has 0 N–H and O–H groups in total. The van der Waals surface area contributed by atoms with E-state index in [1.807, 2.05) is 23.1 Å². The summed E-state index contributed by atoms with van der Waals surface area (Å²) in [5.74, 6) is 0.347. The highest BCUT2D eigenvalue weighted by atomic mass is 35.5. The molecule has 0 aliphatic carbocycles. The van der Waals surface area contributed by atoms with Gasteiger partial charge in [-0.25, -0.2) is 0 Å². The van der Waals surface area contributed by atoms with Crippen LogP contribution < -0.4 is 4.90 Å². The van der Waals surface area contributed by atoms with E-state index >= 15 is 0 Å². The first kappa shape index (κ1) is 13.1. The number of benzene rings is 1. The van der Waals surface area contributed by atoms with E-state index in [4.69, 9.17) is 11.6 Å². The van der Waals surface area contributed by atoms with Gasteiger partial charge in [0.05, 0.1) is 0 Å². The molecule has 3 rings (SSSR count). The third-order valence-corrected chi connectivity index (χ3v) is 3.77. The Bertz CT molecular complexity index is 656. The maximum absolute atomic E-state index is 12.7. The Morgan fingerprint density at radius 3 is 2.95 bits per heavy atom. The van der Waals surface area contributed by atoms with Crippen LogP contribution >= 0.6 is 11.6 Å². The van der Waals surface area contributed by atoms with Crippen LogP contribution in [0.5, 0.6) is 0 Å². The molecule has 1 unspecified atom stereocenters. The minimum atomic E-state index is -0.0912. The van der Waals surface area contributed by atoms with Gasteiger partial charge in [0.15, 0.2) is 0 Å². The molecule has 0 bridgehead atoms. The van der Waals surface area contributed by atoms with Crippen molar-refractivity contribution < 1.29 is 4.79 Å². The molecule has 102 valence electrons. The zero-order valence-corrected chi connectivity index (χ0v) is 12.0. The summed E-state index contributed by atoms with van der Waals surface area (Å²) in [6, 6.07) is 11.3. The van der Waals surface area contributed by atoms with Gasteiger partial charge in [-0.15, -0.1) is 0 Å². The summed E-state index contributed by atoms with van der Waals surface area (Å²) >= 11 is 5.95. The van der Waals surface area contributed by atoms with Crippen LogP contribution in [0.1, 0.15) is 23.0 Å². The van der Waals surface area contributed by atoms with Crippen molar-refractivity contribution in [3.05, 3.63) is 58.9 Å². The molecule has 0 saturated heterocycles. The number of para-hydroxylation sites is 1. The van der Waals surface area contributed by atoms with Gasteiger partial charge in [0.2, 0.25) is 0 Å². The van der Waals surface area contributed by atoms with Crippen LogP contribution in [0.4, 0.5) is 5.69 Å². The van der Waals surface area contributed by atoms with Gasteiger partial charge >= 0.3 is 0 Å². The molecular weight excluding hydrogens is 272 g/mol. The normalized spacial score (nSPS) is 17.7. The van der Waals surface area contributed by atoms with E-state index in [2.05, 4.69) is 18.0 Å². The molecule has 1 aromatic carbocycles. The summed E-state index contributed by atoms with van der Waals surface area (Å²) in [5, 5.41) is 0.529. The number of anilines is 1. The van der Waals surface area contributed by atoms with Gasteiger partial charge in [-0.2, -0.15) is 0 Å². The molecule has 1 atom stereocenters. The Morgan fingerprint density at radius 2 is 2.15 bits per heavy atom. The number of carbonyl (C=O) groups excluding carboxylic acids is 1. The van der Waals surface area contributed by atoms with Crippen molar-refractivity contribution in [3.63, 3.8) is 0 Å². The second-order valence-electron chi connectivity index (χ2n) is 5.21. The Morgan fingerprint density at radius 1 is 1.35 bits per heavy atom. The minimum absolute atomic E-state index is 0.0912. The number of rotatable bonds is 1. The lowest BCUT2D eigenvalue weighted by atomic mass is 9.93. The molecule has 2 heterocycles. The maximum atomic E-state index is 12.7. The quantitative estimate of drug-likeness (QED) is 0.803. The Labute approximate surface area is 123 Å². The number of hydrogen-bond acceptors (Lipinski definition) is 2. The average Bonchev–Trinajstić information content (AvgIpc) is 2.45. The second kappa shape index (κ2) is 5.25. The predicted molar refractivity (Wildman–Crippen MR) is 80.2 cm³/mol. The van der Waals surface area contributed by atoms with E-state index in [-0.39, 0.29) is 5.91 Å². The fourth-order valence-corrected chi connectivity index (χ4v) is 2.81. The summed E-state index contributed by atoms with van der Waals surface area (Å²) < 4.78 is 0. The van der Waals surface area contributed by atoms with Crippen LogP contribution in [0, 0.1) is 5.92 Å². The van der Waals surface area contributed by atoms with Crippen molar-refractivity contribution in [1.82, 2.24) is 4.98 Å². The van der Waals surface area contributed by atoms with Crippen molar-refractivity contribution in [3.8, 4) is 0 Å². The van der Waals surface area contributed by atoms with Crippen molar-refractivity contribution in [2.24, 2.45) is 5.92 Å². The molecule has 1 amide bonds. The molecule has 20 heavy (non-hydrogen) atoms. The molecule has 3 nitrogen and oxygen atoms in total. The zero-order valence-electron chi connectivity index (χ0n) is 11.2. The number of hydrogen-bond donors (Lipinski definition) is 0. The number of amides is 1. The first-order valence-electron chi connectivity index (χ1n) is 6.66. The van der Waals surface area contributed by atoms with E-state index in [9.17, 15) is 4.79 Å². The highest BCUT2D eigenvalue weighted by molar-refractivity contribution is 6.31. The molecule has 2 aromatic rings. The van der Waals surface area contributed by atoms with Gasteiger partial charge in [0.1, 0.15) is 5.69 Å². The number of carbonyl (C=O) groups is 1. The number of aromatic nitrogens is 1. The summed E-state index contributed by atoms with van der Waals surface area (Å²) in [5.41, 5.74) is 2.58. The van der Waals surface area contributed by atoms with E-state index < -0.39 is 0 Å². The standard InChI is InChI=1S/C16H15ClN2O/c1-11-8-12-4-2-3-5-15(12)19(10-11)16(20)14-9-13(17)6-7-18-14/h2-7,9,11H,8,10H2,1H3. The SMILES string of the molecule is CC1Cc2ccccc2N(C(=O)c2cc(Cl)ccn2)C1. The monoisotopic (exact) mass is 286 g/mol. The lowest BCUT2D eigenvalue weighted by Gasteiger charge is -2.33. The highest BCUT2D eigenvalue weighted by Crippen LogP contribution is 2.30. The topological polar surface area (TPSA) is 33.2 Å². The van der Waals surface area contributed by atoms with Crippen molar-refractivity contribution in [1.29, 1.82) is 0 Å². The Hall–Kier alpha value is -1.87. The van der Waals surface area contributed by atoms with Crippen molar-refractivity contribution in [2.75, 3.05) is 11.4 Å². The largest absolute Gasteiger partial charge is 0.306 e. The Balaban J connectivity index is 2.00. The molecular formula is C16H15ClN2O. The van der Waals surface area contributed by atoms with Crippen LogP contribution in [-0.4, -0.2) is 17.4 Å². The predicted octanol–water partition coefficient (Wildman–Crippen LogP) is 3.57. The number of pyridine rings is 1. The molecule has 1 aliphatic rings. The van der Waals surface area contributed by atoms with E-state index in [0.717, 1.165) is 12.1 Å². The fourth-order valence-electron chi connectivity index (χ4n) is 2.65. The van der Waals surface area contributed by atoms with Gasteiger partial charge in [-0.3, -0.25) is 9.78 Å². The molecule has 0 fully saturated rings. The fraction of sp³-hybridized carbons (Fsp3) is 0.250. The van der Waals surface area contributed by atoms with Gasteiger partial charge < -0.3 is 4.90 Å². The molecule has 4 heteroatoms. The van der Waals surface area contributed by atoms with E-state index in [1.165, 1.54) is 5.56 Å². The van der Waals surface area contributed by atoms with E-state index in [0.29, 0.717) is 23.2 Å². The van der Waals surface area contributed by atoms with E-state index in [1.54, 1.807) is 18.3 Å². The summed E-state index contributed by atoms with van der Waals surface area (Å²) in [6.45, 7) is 2.87. The van der Waals surface area contributed by atoms with Gasteiger partial charge in [-0.1, -0.05) is 36.7 Å². The number of nitrogens with zero attached hydrogens (tertiary/aromatic N) is 2. The third kappa shape index (κ3) is 2.41. The zero-order chi connectivity index (χ0) is 14.1. The van der Waals surface area contributed by atoms with Crippen molar-refractivity contribution >= 4 is 23.2 Å². The summed E-state index contributed by atoms with van der Waals surface area (Å²) in [6.07, 6.45) is 2.57. The lowest BCUT2D eigenvalue weighted by Crippen LogP contribution is -2.39. The Kier molecular flexibility index (Phi) is 3.45. The van der Waals surface area contributed by atoms with Crippen LogP contribution in [0.25, 0.3) is 0 Å². The highest BCUT2D eigenvalue weighted by Gasteiger charge is 2.27. The maximum Gasteiger partial charge on any atom is 0.276 e. The number of halogens is 1. The van der Waals surface area contributed by atoms with Crippen molar-refractivity contribution in [2.45, 2.75) is 13.3 Å².